The lowest BCUT2D eigenvalue weighted by Crippen LogP contribution is -1.95. The maximum atomic E-state index is 2.99. The molecule has 1 rings (SSSR count). The van der Waals surface area contributed by atoms with Crippen LogP contribution in [0.5, 0.6) is 0 Å². The summed E-state index contributed by atoms with van der Waals surface area (Å²) in [6.07, 6.45) is 8.05. The topological polar surface area (TPSA) is 0 Å². The molecule has 0 N–H and O–H groups in total. The molecule has 2 atom stereocenters. The molecule has 14 heavy (non-hydrogen) atoms. The fourth-order valence-electron chi connectivity index (χ4n) is 1.63. The second-order valence-electron chi connectivity index (χ2n) is 3.88. The van der Waals surface area contributed by atoms with Crippen LogP contribution in [0.15, 0.2) is 11.9 Å². The monoisotopic (exact) mass is 228 g/mol. The van der Waals surface area contributed by atoms with E-state index in [-0.39, 0.29) is 7.53 Å². The Balaban J connectivity index is 2.55. The van der Waals surface area contributed by atoms with Crippen molar-refractivity contribution >= 4 is 21.8 Å². The Morgan fingerprint density at radius 2 is 1.93 bits per heavy atom. The number of hydrogen-bond acceptors (Lipinski definition) is 0. The van der Waals surface area contributed by atoms with E-state index >= 15 is 0 Å². The van der Waals surface area contributed by atoms with E-state index in [9.17, 15) is 0 Å². The molecular formula is C12H22P2. The van der Waals surface area contributed by atoms with Crippen molar-refractivity contribution in [1.29, 1.82) is 0 Å². The summed E-state index contributed by atoms with van der Waals surface area (Å²) in [5.74, 6) is 2.46. The summed E-state index contributed by atoms with van der Waals surface area (Å²) < 4.78 is 0. The summed E-state index contributed by atoms with van der Waals surface area (Å²) >= 11 is 0. The van der Waals surface area contributed by atoms with E-state index in [0.29, 0.717) is 0 Å². The van der Waals surface area contributed by atoms with Gasteiger partial charge in [-0.25, -0.2) is 0 Å². The molecule has 1 heterocycles. The van der Waals surface area contributed by atoms with Crippen molar-refractivity contribution in [3.8, 4) is 0 Å². The Morgan fingerprint density at radius 1 is 1.21 bits per heavy atom. The highest BCUT2D eigenvalue weighted by Gasteiger charge is 2.04. The highest BCUT2D eigenvalue weighted by Crippen LogP contribution is 2.32. The van der Waals surface area contributed by atoms with Gasteiger partial charge in [0, 0.05) is 0 Å². The molecule has 1 aromatic heterocycles. The Kier molecular flexibility index (Phi) is 5.83. The van der Waals surface area contributed by atoms with E-state index in [0.717, 1.165) is 0 Å². The van der Waals surface area contributed by atoms with E-state index < -0.39 is 0 Å². The van der Waals surface area contributed by atoms with Gasteiger partial charge < -0.3 is 0 Å². The fourth-order valence-corrected chi connectivity index (χ4v) is 4.64. The minimum Gasteiger partial charge on any atom is -0.117 e. The van der Waals surface area contributed by atoms with Gasteiger partial charge in [-0.15, -0.1) is 16.8 Å². The zero-order chi connectivity index (χ0) is 10.4. The molecule has 0 spiro atoms. The van der Waals surface area contributed by atoms with E-state index in [4.69, 9.17) is 0 Å². The standard InChI is InChI=1S/C12H22P2/c1-3-5-7-11-8-10-14(12(11)13)9-6-4-2/h8,10H,3-7,9,13H2,1-2H3. The summed E-state index contributed by atoms with van der Waals surface area (Å²) in [6, 6.07) is 2.37. The molecule has 0 bridgehead atoms. The Bertz CT molecular complexity index is 238. The number of unbranched alkanes of at least 4 members (excludes halogenated alkanes) is 2. The molecule has 1 aromatic rings. The third-order valence-corrected chi connectivity index (χ3v) is 6.23. The lowest BCUT2D eigenvalue weighted by atomic mass is 10.2. The van der Waals surface area contributed by atoms with Crippen molar-refractivity contribution in [2.75, 3.05) is 0 Å². The average Bonchev–Trinajstić information content (AvgIpc) is 2.54. The lowest BCUT2D eigenvalue weighted by molar-refractivity contribution is 0.799. The number of rotatable bonds is 6. The minimum atomic E-state index is 0.0940. The first kappa shape index (κ1) is 12.3. The predicted octanol–water partition coefficient (Wildman–Crippen LogP) is 4.32. The zero-order valence-electron chi connectivity index (χ0n) is 9.42. The van der Waals surface area contributed by atoms with Gasteiger partial charge >= 0.3 is 0 Å². The Hall–Kier alpha value is 0.210. The summed E-state index contributed by atoms with van der Waals surface area (Å²) in [7, 11) is 3.08. The van der Waals surface area contributed by atoms with Crippen LogP contribution >= 0.6 is 16.8 Å². The molecule has 0 aliphatic rings. The van der Waals surface area contributed by atoms with Gasteiger partial charge in [0.2, 0.25) is 0 Å². The van der Waals surface area contributed by atoms with Crippen LogP contribution in [0.2, 0.25) is 0 Å². The highest BCUT2D eigenvalue weighted by molar-refractivity contribution is 7.63. The number of hydrogen-bond donors (Lipinski definition) is 0. The second kappa shape index (κ2) is 6.65. The van der Waals surface area contributed by atoms with Crippen LogP contribution in [0.3, 0.4) is 0 Å². The van der Waals surface area contributed by atoms with E-state index in [1.54, 1.807) is 10.6 Å². The molecule has 80 valence electrons. The first-order valence-corrected chi connectivity index (χ1v) is 7.90. The van der Waals surface area contributed by atoms with Gasteiger partial charge in [-0.2, -0.15) is 0 Å². The molecule has 0 aromatic carbocycles. The Morgan fingerprint density at radius 3 is 2.57 bits per heavy atom. The normalized spacial score (nSPS) is 12.1. The van der Waals surface area contributed by atoms with Crippen LogP contribution < -0.4 is 5.04 Å². The highest BCUT2D eigenvalue weighted by atomic mass is 31.1. The molecular weight excluding hydrogens is 206 g/mol. The van der Waals surface area contributed by atoms with Crippen molar-refractivity contribution < 1.29 is 0 Å². The van der Waals surface area contributed by atoms with Crippen molar-refractivity contribution in [3.63, 3.8) is 0 Å². The van der Waals surface area contributed by atoms with Gasteiger partial charge in [0.15, 0.2) is 0 Å². The smallest absolute Gasteiger partial charge is 0.00780 e. The van der Waals surface area contributed by atoms with E-state index in [2.05, 4.69) is 35.0 Å². The minimum absolute atomic E-state index is 0.0940. The molecule has 0 nitrogen and oxygen atoms in total. The summed E-state index contributed by atoms with van der Waals surface area (Å²) in [6.45, 7) is 4.54. The van der Waals surface area contributed by atoms with Crippen LogP contribution in [-0.2, 0) is 12.6 Å². The van der Waals surface area contributed by atoms with Gasteiger partial charge in [-0.1, -0.05) is 32.8 Å². The van der Waals surface area contributed by atoms with Crippen molar-refractivity contribution in [2.45, 2.75) is 52.1 Å². The third kappa shape index (κ3) is 3.41. The van der Waals surface area contributed by atoms with Gasteiger partial charge in [0.25, 0.3) is 0 Å². The quantitative estimate of drug-likeness (QED) is 0.636. The molecule has 2 unspecified atom stereocenters. The largest absolute Gasteiger partial charge is 0.117 e. The van der Waals surface area contributed by atoms with Crippen LogP contribution in [0, 0.1) is 0 Å². The first-order chi connectivity index (χ1) is 6.79. The molecule has 0 aliphatic carbocycles. The first-order valence-electron chi connectivity index (χ1n) is 5.73. The fraction of sp³-hybridized carbons (Fsp3) is 0.667. The average molecular weight is 228 g/mol. The predicted molar refractivity (Wildman–Crippen MR) is 72.0 cm³/mol. The van der Waals surface area contributed by atoms with Crippen LogP contribution in [0.1, 0.15) is 45.1 Å². The zero-order valence-corrected chi connectivity index (χ0v) is 11.5. The molecule has 0 aliphatic heterocycles. The lowest BCUT2D eigenvalue weighted by Gasteiger charge is -2.02. The van der Waals surface area contributed by atoms with Crippen LogP contribution in [0.4, 0.5) is 0 Å². The van der Waals surface area contributed by atoms with Crippen molar-refractivity contribution in [3.05, 3.63) is 17.4 Å². The van der Waals surface area contributed by atoms with Gasteiger partial charge in [-0.3, -0.25) is 0 Å². The van der Waals surface area contributed by atoms with Crippen molar-refractivity contribution in [2.24, 2.45) is 0 Å². The molecule has 0 fully saturated rings. The van der Waals surface area contributed by atoms with Gasteiger partial charge in [0.1, 0.15) is 0 Å². The van der Waals surface area contributed by atoms with Gasteiger partial charge in [-0.05, 0) is 41.8 Å². The number of aryl methyl sites for hydroxylation is 2. The third-order valence-electron chi connectivity index (χ3n) is 2.65. The van der Waals surface area contributed by atoms with Crippen LogP contribution in [0.25, 0.3) is 0 Å². The van der Waals surface area contributed by atoms with Crippen molar-refractivity contribution in [1.82, 2.24) is 0 Å². The Labute approximate surface area is 91.8 Å². The molecule has 0 amide bonds. The molecule has 0 saturated carbocycles. The molecule has 2 heteroatoms. The molecule has 0 saturated heterocycles. The van der Waals surface area contributed by atoms with E-state index in [1.807, 2.05) is 0 Å². The second-order valence-corrected chi connectivity index (χ2v) is 7.11. The summed E-state index contributed by atoms with van der Waals surface area (Å²) in [5, 5.41) is 1.63. The maximum Gasteiger partial charge on any atom is -0.00780 e. The van der Waals surface area contributed by atoms with Crippen LogP contribution in [-0.4, -0.2) is 0 Å². The summed E-state index contributed by atoms with van der Waals surface area (Å²) in [4.78, 5) is 0. The SMILES string of the molecule is CCCCc1ccp(CCCC)c1P. The maximum absolute atomic E-state index is 2.99. The molecule has 0 radical (unpaired) electrons. The van der Waals surface area contributed by atoms with E-state index in [1.165, 1.54) is 38.3 Å². The summed E-state index contributed by atoms with van der Waals surface area (Å²) in [5.41, 5.74) is 1.61. The van der Waals surface area contributed by atoms with Gasteiger partial charge in [0.05, 0.1) is 0 Å².